The summed E-state index contributed by atoms with van der Waals surface area (Å²) in [4.78, 5) is 11.5. The summed E-state index contributed by atoms with van der Waals surface area (Å²) in [5.41, 5.74) is 0.212. The van der Waals surface area contributed by atoms with Gasteiger partial charge in [-0.25, -0.2) is 4.79 Å². The van der Waals surface area contributed by atoms with E-state index in [1.165, 1.54) is 7.11 Å². The first-order valence-corrected chi connectivity index (χ1v) is 5.77. The summed E-state index contributed by atoms with van der Waals surface area (Å²) in [6.45, 7) is 3.49. The Kier molecular flexibility index (Phi) is 3.20. The van der Waals surface area contributed by atoms with Crippen molar-refractivity contribution in [3.8, 4) is 0 Å². The summed E-state index contributed by atoms with van der Waals surface area (Å²) in [6, 6.07) is 0. The molecule has 0 amide bonds. The lowest BCUT2D eigenvalue weighted by Crippen LogP contribution is -2.46. The molecule has 17 heavy (non-hydrogen) atoms. The second-order valence-corrected chi connectivity index (χ2v) is 5.04. The topological polar surface area (TPSA) is 65.0 Å². The van der Waals surface area contributed by atoms with Crippen molar-refractivity contribution in [2.75, 3.05) is 7.11 Å². The van der Waals surface area contributed by atoms with E-state index in [1.807, 2.05) is 0 Å². The number of hydrogen-bond donors (Lipinski definition) is 1. The summed E-state index contributed by atoms with van der Waals surface area (Å²) < 4.78 is 15.7. The minimum atomic E-state index is -0.998. The number of alkyl halides is 1. The van der Waals surface area contributed by atoms with Gasteiger partial charge in [0, 0.05) is 0 Å². The highest BCUT2D eigenvalue weighted by Crippen LogP contribution is 2.38. The Bertz CT molecular complexity index is 365. The molecule has 1 N–H and O–H groups in total. The summed E-state index contributed by atoms with van der Waals surface area (Å²) in [6.07, 6.45) is -0.470. The molecule has 1 heterocycles. The van der Waals surface area contributed by atoms with Crippen LogP contribution in [0.1, 0.15) is 13.8 Å². The molecule has 1 fully saturated rings. The predicted octanol–water partition coefficient (Wildman–Crippen LogP) is 0.588. The van der Waals surface area contributed by atoms with E-state index in [0.717, 1.165) is 0 Å². The van der Waals surface area contributed by atoms with Crippen molar-refractivity contribution in [3.05, 3.63) is 11.6 Å². The highest BCUT2D eigenvalue weighted by Gasteiger charge is 2.50. The van der Waals surface area contributed by atoms with Gasteiger partial charge in [-0.1, -0.05) is 0 Å². The molecule has 0 aromatic heterocycles. The molecule has 0 aromatic rings. The molecule has 1 aliphatic heterocycles. The van der Waals surface area contributed by atoms with Crippen molar-refractivity contribution in [2.24, 2.45) is 0 Å². The molecule has 0 aromatic carbocycles. The van der Waals surface area contributed by atoms with Crippen molar-refractivity contribution >= 4 is 17.6 Å². The Morgan fingerprint density at radius 3 is 2.76 bits per heavy atom. The van der Waals surface area contributed by atoms with E-state index < -0.39 is 35.4 Å². The smallest absolute Gasteiger partial charge is 0.335 e. The zero-order chi connectivity index (χ0) is 12.8. The van der Waals surface area contributed by atoms with Gasteiger partial charge in [0.1, 0.15) is 18.3 Å². The maximum absolute atomic E-state index is 11.5. The van der Waals surface area contributed by atoms with Gasteiger partial charge in [-0.15, -0.1) is 11.6 Å². The lowest BCUT2D eigenvalue weighted by atomic mass is 9.92. The van der Waals surface area contributed by atoms with Crippen molar-refractivity contribution in [1.82, 2.24) is 0 Å². The third-order valence-corrected chi connectivity index (χ3v) is 3.36. The Balaban J connectivity index is 2.30. The third kappa shape index (κ3) is 2.20. The van der Waals surface area contributed by atoms with E-state index in [9.17, 15) is 9.90 Å². The van der Waals surface area contributed by atoms with Crippen LogP contribution < -0.4 is 0 Å². The number of carbonyl (C=O) groups is 1. The first-order valence-electron chi connectivity index (χ1n) is 5.33. The number of carbonyl (C=O) groups excluding carboxylic acids is 1. The number of aliphatic hydroxyl groups excluding tert-OH is 1. The fourth-order valence-corrected chi connectivity index (χ4v) is 2.43. The molecule has 0 radical (unpaired) electrons. The average molecular weight is 263 g/mol. The lowest BCUT2D eigenvalue weighted by molar-refractivity contribution is -0.152. The second-order valence-electron chi connectivity index (χ2n) is 4.57. The van der Waals surface area contributed by atoms with Gasteiger partial charge in [0.2, 0.25) is 0 Å². The minimum Gasteiger partial charge on any atom is -0.466 e. The van der Waals surface area contributed by atoms with Crippen LogP contribution in [0.5, 0.6) is 0 Å². The molecule has 1 aliphatic carbocycles. The number of hydrogen-bond acceptors (Lipinski definition) is 5. The lowest BCUT2D eigenvalue weighted by Gasteiger charge is -2.30. The van der Waals surface area contributed by atoms with Crippen LogP contribution in [0.25, 0.3) is 0 Å². The highest BCUT2D eigenvalue weighted by atomic mass is 35.5. The Hall–Kier alpha value is -0.620. The summed E-state index contributed by atoms with van der Waals surface area (Å²) in [5.74, 6) is -1.36. The maximum atomic E-state index is 11.5. The van der Waals surface area contributed by atoms with Gasteiger partial charge in [-0.3, -0.25) is 0 Å². The number of rotatable bonds is 1. The molecule has 5 nitrogen and oxygen atoms in total. The second kappa shape index (κ2) is 4.24. The molecule has 2 aliphatic rings. The molecular formula is C11H15ClO5. The highest BCUT2D eigenvalue weighted by molar-refractivity contribution is 6.25. The van der Waals surface area contributed by atoms with Crippen LogP contribution in [0.2, 0.25) is 0 Å². The van der Waals surface area contributed by atoms with Crippen LogP contribution in [0, 0.1) is 0 Å². The number of halogens is 1. The molecular weight excluding hydrogens is 248 g/mol. The largest absolute Gasteiger partial charge is 0.466 e. The van der Waals surface area contributed by atoms with Gasteiger partial charge >= 0.3 is 5.97 Å². The molecule has 4 atom stereocenters. The van der Waals surface area contributed by atoms with Crippen LogP contribution in [-0.4, -0.2) is 47.7 Å². The van der Waals surface area contributed by atoms with Crippen molar-refractivity contribution in [3.63, 3.8) is 0 Å². The third-order valence-electron chi connectivity index (χ3n) is 2.86. The molecule has 1 saturated heterocycles. The van der Waals surface area contributed by atoms with Crippen LogP contribution in [-0.2, 0) is 19.0 Å². The summed E-state index contributed by atoms with van der Waals surface area (Å²) in [5, 5.41) is 9.16. The van der Waals surface area contributed by atoms with Crippen LogP contribution in [0.15, 0.2) is 11.6 Å². The number of aliphatic hydroxyl groups is 1. The zero-order valence-corrected chi connectivity index (χ0v) is 10.6. The predicted molar refractivity (Wildman–Crippen MR) is 59.6 cm³/mol. The minimum absolute atomic E-state index is 0.212. The van der Waals surface area contributed by atoms with Gasteiger partial charge in [0.25, 0.3) is 0 Å². The fraction of sp³-hybridized carbons (Fsp3) is 0.727. The zero-order valence-electron chi connectivity index (χ0n) is 9.84. The monoisotopic (exact) mass is 262 g/mol. The fourth-order valence-electron chi connectivity index (χ4n) is 2.13. The Labute approximate surface area is 104 Å². The number of esters is 1. The first-order chi connectivity index (χ1) is 7.85. The Morgan fingerprint density at radius 1 is 1.53 bits per heavy atom. The van der Waals surface area contributed by atoms with Gasteiger partial charge < -0.3 is 19.3 Å². The molecule has 0 unspecified atom stereocenters. The molecule has 96 valence electrons. The number of methoxy groups -OCH3 is 1. The SMILES string of the molecule is COC(=O)C1=C[C@@H]2OC(C)(C)O[C@@H]2[C@H](O)[C@H]1Cl. The number of fused-ring (bicyclic) bond motifs is 1. The van der Waals surface area contributed by atoms with Crippen LogP contribution in [0.4, 0.5) is 0 Å². The van der Waals surface area contributed by atoms with E-state index in [2.05, 4.69) is 4.74 Å². The van der Waals surface area contributed by atoms with Gasteiger partial charge in [0.15, 0.2) is 5.79 Å². The van der Waals surface area contributed by atoms with Crippen LogP contribution >= 0.6 is 11.6 Å². The normalized spacial score (nSPS) is 39.5. The van der Waals surface area contributed by atoms with Crippen molar-refractivity contribution < 1.29 is 24.1 Å². The van der Waals surface area contributed by atoms with Crippen molar-refractivity contribution in [2.45, 2.75) is 43.3 Å². The van der Waals surface area contributed by atoms with Crippen LogP contribution in [0.3, 0.4) is 0 Å². The van der Waals surface area contributed by atoms with E-state index >= 15 is 0 Å². The molecule has 2 rings (SSSR count). The standard InChI is InChI=1S/C11H15ClO5/c1-11(2)16-6-4-5(10(14)15-3)7(12)8(13)9(6)17-11/h4,6-9,13H,1-3H3/t6-,7-,8+,9-/m0/s1. The summed E-state index contributed by atoms with van der Waals surface area (Å²) in [7, 11) is 1.27. The molecule has 0 spiro atoms. The summed E-state index contributed by atoms with van der Waals surface area (Å²) >= 11 is 6.01. The van der Waals surface area contributed by atoms with Gasteiger partial charge in [0.05, 0.1) is 18.1 Å². The molecule has 6 heteroatoms. The Morgan fingerprint density at radius 2 is 2.18 bits per heavy atom. The van der Waals surface area contributed by atoms with E-state index in [-0.39, 0.29) is 5.57 Å². The van der Waals surface area contributed by atoms with E-state index in [4.69, 9.17) is 21.1 Å². The van der Waals surface area contributed by atoms with E-state index in [1.54, 1.807) is 19.9 Å². The molecule has 0 saturated carbocycles. The quantitative estimate of drug-likeness (QED) is 0.553. The van der Waals surface area contributed by atoms with Gasteiger partial charge in [-0.2, -0.15) is 0 Å². The van der Waals surface area contributed by atoms with Crippen molar-refractivity contribution in [1.29, 1.82) is 0 Å². The van der Waals surface area contributed by atoms with Gasteiger partial charge in [-0.05, 0) is 19.9 Å². The average Bonchev–Trinajstić information content (AvgIpc) is 2.57. The number of ether oxygens (including phenoxy) is 3. The van der Waals surface area contributed by atoms with E-state index in [0.29, 0.717) is 0 Å². The molecule has 0 bridgehead atoms. The maximum Gasteiger partial charge on any atom is 0.335 e. The first kappa shape index (κ1) is 12.8.